The lowest BCUT2D eigenvalue weighted by molar-refractivity contribution is 0.0688. The van der Waals surface area contributed by atoms with Gasteiger partial charge in [0.15, 0.2) is 0 Å². The summed E-state index contributed by atoms with van der Waals surface area (Å²) < 4.78 is 0. The van der Waals surface area contributed by atoms with Crippen LogP contribution in [0.1, 0.15) is 20.7 Å². The van der Waals surface area contributed by atoms with E-state index in [-0.39, 0.29) is 11.1 Å². The Bertz CT molecular complexity index is 805. The number of carboxylic acid groups (broad SMARTS) is 2. The fraction of sp³-hybridized carbons (Fsp3) is 0. The zero-order valence-electron chi connectivity index (χ0n) is 10.1. The quantitative estimate of drug-likeness (QED) is 0.691. The maximum atomic E-state index is 11.2. The molecule has 6 heteroatoms. The van der Waals surface area contributed by atoms with E-state index in [1.165, 1.54) is 30.6 Å². The molecule has 6 nitrogen and oxygen atoms in total. The summed E-state index contributed by atoms with van der Waals surface area (Å²) in [5.41, 5.74) is 1.09. The van der Waals surface area contributed by atoms with Crippen molar-refractivity contribution in [3.63, 3.8) is 0 Å². The minimum absolute atomic E-state index is 0.0806. The second kappa shape index (κ2) is 4.27. The summed E-state index contributed by atoms with van der Waals surface area (Å²) in [4.78, 5) is 30.6. The maximum absolute atomic E-state index is 11.2. The molecular formula is C14H8N2O4. The number of hydrogen-bond acceptors (Lipinski definition) is 4. The van der Waals surface area contributed by atoms with Gasteiger partial charge in [0, 0.05) is 23.2 Å². The van der Waals surface area contributed by atoms with Crippen molar-refractivity contribution >= 4 is 33.7 Å². The van der Waals surface area contributed by atoms with Gasteiger partial charge < -0.3 is 10.2 Å². The van der Waals surface area contributed by atoms with Crippen LogP contribution in [0.25, 0.3) is 21.8 Å². The normalized spacial score (nSPS) is 10.8. The number of fused-ring (bicyclic) bond motifs is 2. The maximum Gasteiger partial charge on any atom is 0.336 e. The van der Waals surface area contributed by atoms with Gasteiger partial charge in [-0.3, -0.25) is 9.97 Å². The summed E-state index contributed by atoms with van der Waals surface area (Å²) in [7, 11) is 0. The molecule has 0 aliphatic heterocycles. The molecule has 0 saturated heterocycles. The molecular weight excluding hydrogens is 260 g/mol. The van der Waals surface area contributed by atoms with Crippen LogP contribution >= 0.6 is 0 Å². The Hall–Kier alpha value is -3.02. The Kier molecular flexibility index (Phi) is 2.57. The summed E-state index contributed by atoms with van der Waals surface area (Å²) in [6, 6.07) is 5.86. The highest BCUT2D eigenvalue weighted by Crippen LogP contribution is 2.25. The number of benzene rings is 1. The molecule has 98 valence electrons. The van der Waals surface area contributed by atoms with Crippen LogP contribution in [0.4, 0.5) is 0 Å². The molecule has 0 radical (unpaired) electrons. The smallest absolute Gasteiger partial charge is 0.336 e. The predicted octanol–water partition coefficient (Wildman–Crippen LogP) is 2.18. The van der Waals surface area contributed by atoms with Crippen LogP contribution in [0, 0.1) is 0 Å². The molecule has 2 heterocycles. The number of hydrogen-bond donors (Lipinski definition) is 2. The zero-order valence-corrected chi connectivity index (χ0v) is 10.1. The van der Waals surface area contributed by atoms with Crippen molar-refractivity contribution in [3.8, 4) is 0 Å². The van der Waals surface area contributed by atoms with E-state index >= 15 is 0 Å². The van der Waals surface area contributed by atoms with Crippen LogP contribution in [0.15, 0.2) is 36.7 Å². The summed E-state index contributed by atoms with van der Waals surface area (Å²) in [5, 5.41) is 19.1. The molecule has 0 fully saturated rings. The van der Waals surface area contributed by atoms with Gasteiger partial charge in [0.1, 0.15) is 0 Å². The van der Waals surface area contributed by atoms with Crippen LogP contribution in [-0.4, -0.2) is 32.1 Å². The highest BCUT2D eigenvalue weighted by Gasteiger charge is 2.14. The first kappa shape index (κ1) is 12.0. The lowest BCUT2D eigenvalue weighted by Crippen LogP contribution is -2.01. The molecule has 0 aliphatic rings. The van der Waals surface area contributed by atoms with Gasteiger partial charge in [0.25, 0.3) is 0 Å². The molecule has 0 bridgehead atoms. The Labute approximate surface area is 112 Å². The summed E-state index contributed by atoms with van der Waals surface area (Å²) in [5.74, 6) is -2.17. The van der Waals surface area contributed by atoms with E-state index < -0.39 is 11.9 Å². The van der Waals surface area contributed by atoms with E-state index in [0.717, 1.165) is 0 Å². The number of aromatic carboxylic acids is 2. The van der Waals surface area contributed by atoms with Crippen LogP contribution in [0.5, 0.6) is 0 Å². The lowest BCUT2D eigenvalue weighted by atomic mass is 10.0. The molecule has 0 atom stereocenters. The molecule has 0 amide bonds. The molecule has 20 heavy (non-hydrogen) atoms. The fourth-order valence-corrected chi connectivity index (χ4v) is 2.16. The van der Waals surface area contributed by atoms with E-state index in [1.807, 2.05) is 0 Å². The van der Waals surface area contributed by atoms with Gasteiger partial charge in [-0.1, -0.05) is 0 Å². The van der Waals surface area contributed by atoms with Crippen molar-refractivity contribution in [1.29, 1.82) is 0 Å². The van der Waals surface area contributed by atoms with Gasteiger partial charge >= 0.3 is 11.9 Å². The lowest BCUT2D eigenvalue weighted by Gasteiger charge is -2.06. The third-order valence-electron chi connectivity index (χ3n) is 3.06. The minimum Gasteiger partial charge on any atom is -0.478 e. The third kappa shape index (κ3) is 1.74. The number of nitrogens with zero attached hydrogens (tertiary/aromatic N) is 2. The number of aromatic nitrogens is 2. The van der Waals surface area contributed by atoms with Crippen molar-refractivity contribution < 1.29 is 19.8 Å². The van der Waals surface area contributed by atoms with Crippen LogP contribution in [0.2, 0.25) is 0 Å². The Morgan fingerprint density at radius 1 is 0.800 bits per heavy atom. The number of carbonyl (C=O) groups is 2. The molecule has 3 aromatic rings. The number of rotatable bonds is 2. The van der Waals surface area contributed by atoms with E-state index in [1.54, 1.807) is 6.07 Å². The van der Waals surface area contributed by atoms with Crippen molar-refractivity contribution in [2.75, 3.05) is 0 Å². The molecule has 1 aromatic carbocycles. The second-order valence-electron chi connectivity index (χ2n) is 4.21. The standard InChI is InChI=1S/C14H8N2O4/c17-13(18)7-1-3-15-11-6-12-10(5-9(7)11)8(14(19)20)2-4-16-12/h1-6H,(H,17,18)(H,19,20). The Balaban J connectivity index is 2.48. The molecule has 0 spiro atoms. The Morgan fingerprint density at radius 3 is 1.65 bits per heavy atom. The monoisotopic (exact) mass is 268 g/mol. The van der Waals surface area contributed by atoms with Crippen molar-refractivity contribution in [2.24, 2.45) is 0 Å². The van der Waals surface area contributed by atoms with Gasteiger partial charge in [-0.25, -0.2) is 9.59 Å². The minimum atomic E-state index is -1.09. The SMILES string of the molecule is O=C(O)c1ccnc2cc3nccc(C(=O)O)c3cc12. The van der Waals surface area contributed by atoms with E-state index in [2.05, 4.69) is 9.97 Å². The van der Waals surface area contributed by atoms with Crippen molar-refractivity contribution in [1.82, 2.24) is 9.97 Å². The van der Waals surface area contributed by atoms with E-state index in [0.29, 0.717) is 21.8 Å². The first-order valence-corrected chi connectivity index (χ1v) is 5.72. The molecule has 0 saturated carbocycles. The first-order chi connectivity index (χ1) is 9.58. The van der Waals surface area contributed by atoms with Gasteiger partial charge in [-0.2, -0.15) is 0 Å². The molecule has 2 N–H and O–H groups in total. The van der Waals surface area contributed by atoms with Crippen LogP contribution in [0.3, 0.4) is 0 Å². The topological polar surface area (TPSA) is 100 Å². The van der Waals surface area contributed by atoms with Crippen molar-refractivity contribution in [2.45, 2.75) is 0 Å². The summed E-state index contributed by atoms with van der Waals surface area (Å²) in [6.07, 6.45) is 2.80. The predicted molar refractivity (Wildman–Crippen MR) is 71.0 cm³/mol. The van der Waals surface area contributed by atoms with Crippen molar-refractivity contribution in [3.05, 3.63) is 47.8 Å². The average molecular weight is 268 g/mol. The van der Waals surface area contributed by atoms with E-state index in [9.17, 15) is 19.8 Å². The van der Waals surface area contributed by atoms with E-state index in [4.69, 9.17) is 0 Å². The fourth-order valence-electron chi connectivity index (χ4n) is 2.16. The molecule has 3 rings (SSSR count). The van der Waals surface area contributed by atoms with Crippen LogP contribution < -0.4 is 0 Å². The van der Waals surface area contributed by atoms with Gasteiger partial charge in [0.05, 0.1) is 22.2 Å². The number of pyridine rings is 2. The third-order valence-corrected chi connectivity index (χ3v) is 3.06. The highest BCUT2D eigenvalue weighted by molar-refractivity contribution is 6.10. The molecule has 0 unspecified atom stereocenters. The largest absolute Gasteiger partial charge is 0.478 e. The average Bonchev–Trinajstić information content (AvgIpc) is 2.43. The second-order valence-corrected chi connectivity index (χ2v) is 4.21. The highest BCUT2D eigenvalue weighted by atomic mass is 16.4. The molecule has 2 aromatic heterocycles. The first-order valence-electron chi connectivity index (χ1n) is 5.72. The van der Waals surface area contributed by atoms with Gasteiger partial charge in [-0.05, 0) is 24.3 Å². The Morgan fingerprint density at radius 2 is 1.25 bits per heavy atom. The number of carboxylic acids is 2. The zero-order chi connectivity index (χ0) is 14.3. The van der Waals surface area contributed by atoms with Crippen LogP contribution in [-0.2, 0) is 0 Å². The molecule has 0 aliphatic carbocycles. The van der Waals surface area contributed by atoms with Gasteiger partial charge in [0.2, 0.25) is 0 Å². The summed E-state index contributed by atoms with van der Waals surface area (Å²) >= 11 is 0. The summed E-state index contributed by atoms with van der Waals surface area (Å²) in [6.45, 7) is 0. The van der Waals surface area contributed by atoms with Gasteiger partial charge in [-0.15, -0.1) is 0 Å².